The van der Waals surface area contributed by atoms with Gasteiger partial charge in [-0.3, -0.25) is 10.0 Å². The van der Waals surface area contributed by atoms with Gasteiger partial charge >= 0.3 is 0 Å². The van der Waals surface area contributed by atoms with Crippen LogP contribution in [0.15, 0.2) is 0 Å². The van der Waals surface area contributed by atoms with E-state index in [9.17, 15) is 10.0 Å². The Bertz CT molecular complexity index is 139. The molecule has 0 aliphatic rings. The Hall–Kier alpha value is -0.610. The van der Waals surface area contributed by atoms with E-state index in [4.69, 9.17) is 5.73 Å². The first-order chi connectivity index (χ1) is 5.63. The first-order valence-corrected chi connectivity index (χ1v) is 4.33. The van der Waals surface area contributed by atoms with Gasteiger partial charge in [-0.25, -0.2) is 5.06 Å². The Labute approximate surface area is 73.3 Å². The standard InChI is InChI=1S/C8H18N2O2/c1-3-7(2)8(11)10(12)6-4-5-9/h7,12H,3-6,9H2,1-2H3. The number of nitrogens with two attached hydrogens (primary N) is 1. The summed E-state index contributed by atoms with van der Waals surface area (Å²) < 4.78 is 0. The lowest BCUT2D eigenvalue weighted by Crippen LogP contribution is -2.33. The molecule has 1 atom stereocenters. The SMILES string of the molecule is CCC(C)C(=O)N(O)CCCN. The summed E-state index contributed by atoms with van der Waals surface area (Å²) >= 11 is 0. The Morgan fingerprint density at radius 3 is 2.67 bits per heavy atom. The zero-order valence-corrected chi connectivity index (χ0v) is 7.79. The van der Waals surface area contributed by atoms with E-state index in [2.05, 4.69) is 0 Å². The molecule has 0 saturated carbocycles. The maximum atomic E-state index is 11.2. The quantitative estimate of drug-likeness (QED) is 0.474. The third-order valence-corrected chi connectivity index (χ3v) is 1.86. The van der Waals surface area contributed by atoms with Crippen LogP contribution in [0.5, 0.6) is 0 Å². The molecule has 0 rings (SSSR count). The van der Waals surface area contributed by atoms with E-state index in [1.807, 2.05) is 6.92 Å². The van der Waals surface area contributed by atoms with Crippen LogP contribution in [0.2, 0.25) is 0 Å². The molecule has 4 nitrogen and oxygen atoms in total. The number of hydrogen-bond acceptors (Lipinski definition) is 3. The molecular formula is C8H18N2O2. The highest BCUT2D eigenvalue weighted by molar-refractivity contribution is 5.77. The molecule has 0 fully saturated rings. The van der Waals surface area contributed by atoms with Gasteiger partial charge in [0.1, 0.15) is 0 Å². The maximum Gasteiger partial charge on any atom is 0.248 e. The predicted molar refractivity (Wildman–Crippen MR) is 46.6 cm³/mol. The molecule has 72 valence electrons. The van der Waals surface area contributed by atoms with Crippen LogP contribution in [0, 0.1) is 5.92 Å². The topological polar surface area (TPSA) is 66.6 Å². The summed E-state index contributed by atoms with van der Waals surface area (Å²) in [6, 6.07) is 0. The highest BCUT2D eigenvalue weighted by atomic mass is 16.5. The second-order valence-electron chi connectivity index (χ2n) is 2.91. The summed E-state index contributed by atoms with van der Waals surface area (Å²) in [5.74, 6) is -0.321. The lowest BCUT2D eigenvalue weighted by molar-refractivity contribution is -0.169. The summed E-state index contributed by atoms with van der Waals surface area (Å²) in [4.78, 5) is 11.2. The summed E-state index contributed by atoms with van der Waals surface area (Å²) in [7, 11) is 0. The predicted octanol–water partition coefficient (Wildman–Crippen LogP) is 0.599. The second kappa shape index (κ2) is 5.97. The van der Waals surface area contributed by atoms with Crippen LogP contribution in [0.25, 0.3) is 0 Å². The Balaban J connectivity index is 3.75. The van der Waals surface area contributed by atoms with Crippen molar-refractivity contribution in [2.75, 3.05) is 13.1 Å². The average molecular weight is 174 g/mol. The van der Waals surface area contributed by atoms with Crippen molar-refractivity contribution in [3.05, 3.63) is 0 Å². The van der Waals surface area contributed by atoms with Gasteiger partial charge in [-0.15, -0.1) is 0 Å². The van der Waals surface area contributed by atoms with Gasteiger partial charge in [-0.05, 0) is 19.4 Å². The van der Waals surface area contributed by atoms with Gasteiger partial charge in [0.2, 0.25) is 5.91 Å². The van der Waals surface area contributed by atoms with Gasteiger partial charge in [0.25, 0.3) is 0 Å². The number of rotatable bonds is 5. The van der Waals surface area contributed by atoms with E-state index < -0.39 is 0 Å². The largest absolute Gasteiger partial charge is 0.330 e. The van der Waals surface area contributed by atoms with Crippen molar-refractivity contribution in [1.82, 2.24) is 5.06 Å². The van der Waals surface area contributed by atoms with Gasteiger partial charge in [0.15, 0.2) is 0 Å². The third-order valence-electron chi connectivity index (χ3n) is 1.86. The van der Waals surface area contributed by atoms with E-state index >= 15 is 0 Å². The molecular weight excluding hydrogens is 156 g/mol. The van der Waals surface area contributed by atoms with Crippen molar-refractivity contribution in [1.29, 1.82) is 0 Å². The lowest BCUT2D eigenvalue weighted by Gasteiger charge is -2.17. The second-order valence-corrected chi connectivity index (χ2v) is 2.91. The minimum absolute atomic E-state index is 0.104. The van der Waals surface area contributed by atoms with Crippen LogP contribution in [0.4, 0.5) is 0 Å². The van der Waals surface area contributed by atoms with Crippen LogP contribution in [0.3, 0.4) is 0 Å². The Kier molecular flexibility index (Phi) is 5.66. The fourth-order valence-electron chi connectivity index (χ4n) is 0.780. The number of nitrogens with zero attached hydrogens (tertiary/aromatic N) is 1. The molecule has 4 heteroatoms. The average Bonchev–Trinajstić information content (AvgIpc) is 2.11. The smallest absolute Gasteiger partial charge is 0.248 e. The molecule has 0 saturated heterocycles. The molecule has 1 amide bonds. The molecule has 0 aliphatic heterocycles. The summed E-state index contributed by atoms with van der Waals surface area (Å²) in [5.41, 5.74) is 5.24. The summed E-state index contributed by atoms with van der Waals surface area (Å²) in [6.07, 6.45) is 1.39. The van der Waals surface area contributed by atoms with Crippen molar-refractivity contribution in [3.63, 3.8) is 0 Å². The molecule has 0 heterocycles. The highest BCUT2D eigenvalue weighted by Gasteiger charge is 2.16. The van der Waals surface area contributed by atoms with E-state index in [0.717, 1.165) is 11.5 Å². The van der Waals surface area contributed by atoms with E-state index in [1.54, 1.807) is 6.92 Å². The van der Waals surface area contributed by atoms with Crippen molar-refractivity contribution in [2.45, 2.75) is 26.7 Å². The molecule has 1 unspecified atom stereocenters. The first kappa shape index (κ1) is 11.4. The lowest BCUT2D eigenvalue weighted by atomic mass is 10.1. The monoisotopic (exact) mass is 174 g/mol. The van der Waals surface area contributed by atoms with E-state index in [1.165, 1.54) is 0 Å². The summed E-state index contributed by atoms with van der Waals surface area (Å²) in [6.45, 7) is 4.54. The number of carbonyl (C=O) groups excluding carboxylic acids is 1. The van der Waals surface area contributed by atoms with Gasteiger partial charge in [0.05, 0.1) is 0 Å². The molecule has 0 radical (unpaired) electrons. The zero-order chi connectivity index (χ0) is 9.56. The molecule has 0 aromatic carbocycles. The Morgan fingerprint density at radius 2 is 2.25 bits per heavy atom. The number of amides is 1. The van der Waals surface area contributed by atoms with Crippen molar-refractivity contribution in [3.8, 4) is 0 Å². The molecule has 0 aliphatic carbocycles. The van der Waals surface area contributed by atoms with Crippen molar-refractivity contribution >= 4 is 5.91 Å². The van der Waals surface area contributed by atoms with Crippen molar-refractivity contribution < 1.29 is 10.0 Å². The highest BCUT2D eigenvalue weighted by Crippen LogP contribution is 2.04. The normalized spacial score (nSPS) is 12.7. The van der Waals surface area contributed by atoms with Crippen LogP contribution >= 0.6 is 0 Å². The number of hydroxylamine groups is 2. The van der Waals surface area contributed by atoms with E-state index in [0.29, 0.717) is 19.5 Å². The molecule has 0 aromatic heterocycles. The molecule has 0 spiro atoms. The van der Waals surface area contributed by atoms with Crippen LogP contribution < -0.4 is 5.73 Å². The van der Waals surface area contributed by atoms with Crippen LogP contribution in [-0.4, -0.2) is 29.3 Å². The molecule has 0 aromatic rings. The third kappa shape index (κ3) is 3.69. The van der Waals surface area contributed by atoms with E-state index in [-0.39, 0.29) is 11.8 Å². The van der Waals surface area contributed by atoms with Gasteiger partial charge in [0, 0.05) is 12.5 Å². The van der Waals surface area contributed by atoms with Crippen molar-refractivity contribution in [2.24, 2.45) is 11.7 Å². The van der Waals surface area contributed by atoms with Gasteiger partial charge < -0.3 is 5.73 Å². The summed E-state index contributed by atoms with van der Waals surface area (Å²) in [5, 5.41) is 9.94. The number of hydrogen-bond donors (Lipinski definition) is 2. The maximum absolute atomic E-state index is 11.2. The van der Waals surface area contributed by atoms with Gasteiger partial charge in [-0.2, -0.15) is 0 Å². The minimum atomic E-state index is -0.217. The fraction of sp³-hybridized carbons (Fsp3) is 0.875. The molecule has 0 bridgehead atoms. The molecule has 3 N–H and O–H groups in total. The number of carbonyl (C=O) groups is 1. The molecule has 12 heavy (non-hydrogen) atoms. The Morgan fingerprint density at radius 1 is 1.67 bits per heavy atom. The van der Waals surface area contributed by atoms with Gasteiger partial charge in [-0.1, -0.05) is 13.8 Å². The van der Waals surface area contributed by atoms with Crippen LogP contribution in [0.1, 0.15) is 26.7 Å². The van der Waals surface area contributed by atoms with Crippen LogP contribution in [-0.2, 0) is 4.79 Å². The zero-order valence-electron chi connectivity index (χ0n) is 7.79. The first-order valence-electron chi connectivity index (χ1n) is 4.33. The fourth-order valence-corrected chi connectivity index (χ4v) is 0.780. The minimum Gasteiger partial charge on any atom is -0.330 e.